The molecule has 2 atom stereocenters. The van der Waals surface area contributed by atoms with Crippen molar-refractivity contribution in [2.24, 2.45) is 11.7 Å². The van der Waals surface area contributed by atoms with Crippen LogP contribution in [0.2, 0.25) is 0 Å². The first kappa shape index (κ1) is 16.7. The zero-order valence-corrected chi connectivity index (χ0v) is 13.7. The van der Waals surface area contributed by atoms with Gasteiger partial charge in [-0.1, -0.05) is 60.7 Å². The lowest BCUT2D eigenvalue weighted by Gasteiger charge is -2.38. The van der Waals surface area contributed by atoms with Crippen molar-refractivity contribution in [3.63, 3.8) is 0 Å². The molecule has 4 nitrogen and oxygen atoms in total. The molecular formula is C20H24N2O2. The third-order valence-corrected chi connectivity index (χ3v) is 4.91. The lowest BCUT2D eigenvalue weighted by Crippen LogP contribution is -2.43. The van der Waals surface area contributed by atoms with E-state index in [9.17, 15) is 9.90 Å². The number of primary amides is 1. The molecule has 24 heavy (non-hydrogen) atoms. The van der Waals surface area contributed by atoms with Gasteiger partial charge in [0.05, 0.1) is 6.10 Å². The monoisotopic (exact) mass is 324 g/mol. The molecule has 0 bridgehead atoms. The summed E-state index contributed by atoms with van der Waals surface area (Å²) in [5.41, 5.74) is 7.56. The van der Waals surface area contributed by atoms with Crippen LogP contribution in [0.15, 0.2) is 60.7 Å². The minimum absolute atomic E-state index is 0.216. The van der Waals surface area contributed by atoms with Crippen LogP contribution >= 0.6 is 0 Å². The highest BCUT2D eigenvalue weighted by Crippen LogP contribution is 2.33. The number of nitrogens with zero attached hydrogens (tertiary/aromatic N) is 1. The Morgan fingerprint density at radius 1 is 0.958 bits per heavy atom. The third kappa shape index (κ3) is 3.66. The Morgan fingerprint density at radius 3 is 1.96 bits per heavy atom. The van der Waals surface area contributed by atoms with Crippen LogP contribution in [0.3, 0.4) is 0 Å². The number of likely N-dealkylation sites (tertiary alicyclic amines) is 1. The molecule has 2 aromatic carbocycles. The number of hydrogen-bond acceptors (Lipinski definition) is 3. The van der Waals surface area contributed by atoms with Crippen molar-refractivity contribution in [1.82, 2.24) is 4.90 Å². The van der Waals surface area contributed by atoms with E-state index in [4.69, 9.17) is 5.73 Å². The van der Waals surface area contributed by atoms with Gasteiger partial charge in [0.1, 0.15) is 6.04 Å². The van der Waals surface area contributed by atoms with E-state index in [1.165, 1.54) is 0 Å². The second-order valence-electron chi connectivity index (χ2n) is 6.44. The fraction of sp³-hybridized carbons (Fsp3) is 0.350. The van der Waals surface area contributed by atoms with Crippen molar-refractivity contribution in [1.29, 1.82) is 0 Å². The number of rotatable bonds is 5. The number of hydrogen-bond donors (Lipinski definition) is 2. The molecule has 1 aliphatic heterocycles. The second-order valence-corrected chi connectivity index (χ2v) is 6.44. The number of nitrogens with two attached hydrogens (primary N) is 1. The predicted molar refractivity (Wildman–Crippen MR) is 94.1 cm³/mol. The minimum atomic E-state index is -0.447. The molecule has 3 N–H and O–H groups in total. The number of benzene rings is 2. The summed E-state index contributed by atoms with van der Waals surface area (Å²) in [7, 11) is 0. The average Bonchev–Trinajstić information content (AvgIpc) is 2.63. The zero-order valence-electron chi connectivity index (χ0n) is 13.7. The van der Waals surface area contributed by atoms with Gasteiger partial charge in [-0.05, 0) is 43.0 Å². The average molecular weight is 324 g/mol. The first-order valence-electron chi connectivity index (χ1n) is 8.48. The molecule has 1 saturated heterocycles. The molecule has 4 heteroatoms. The van der Waals surface area contributed by atoms with E-state index in [0.717, 1.165) is 37.1 Å². The summed E-state index contributed by atoms with van der Waals surface area (Å²) in [5, 5.41) is 10.6. The Balaban J connectivity index is 1.66. The van der Waals surface area contributed by atoms with Gasteiger partial charge >= 0.3 is 0 Å². The summed E-state index contributed by atoms with van der Waals surface area (Å²) in [6.45, 7) is 1.52. The number of aliphatic hydroxyl groups is 1. The van der Waals surface area contributed by atoms with Crippen molar-refractivity contribution in [3.8, 4) is 0 Å². The molecule has 0 radical (unpaired) electrons. The molecule has 0 aromatic heterocycles. The quantitative estimate of drug-likeness (QED) is 0.888. The van der Waals surface area contributed by atoms with Gasteiger partial charge in [-0.15, -0.1) is 0 Å². The van der Waals surface area contributed by atoms with E-state index in [1.807, 2.05) is 60.7 Å². The van der Waals surface area contributed by atoms with E-state index in [-0.39, 0.29) is 17.9 Å². The third-order valence-electron chi connectivity index (χ3n) is 4.91. The van der Waals surface area contributed by atoms with E-state index < -0.39 is 6.10 Å². The number of piperidine rings is 1. The Labute approximate surface area is 142 Å². The van der Waals surface area contributed by atoms with E-state index in [1.54, 1.807) is 0 Å². The standard InChI is InChI=1S/C20H24N2O2/c21-20(24)18(15-7-3-1-4-8-15)22-13-11-17(12-14-22)19(23)16-9-5-2-6-10-16/h1-10,17-19,23H,11-14H2,(H2,21,24)/t18-,19-/m1/s1. The molecule has 1 aliphatic rings. The molecule has 0 unspecified atom stereocenters. The number of aliphatic hydroxyl groups excluding tert-OH is 1. The van der Waals surface area contributed by atoms with Crippen molar-refractivity contribution in [3.05, 3.63) is 71.8 Å². The highest BCUT2D eigenvalue weighted by atomic mass is 16.3. The van der Waals surface area contributed by atoms with Crippen LogP contribution in [0.1, 0.15) is 36.1 Å². The zero-order chi connectivity index (χ0) is 16.9. The van der Waals surface area contributed by atoms with Gasteiger partial charge in [0.2, 0.25) is 5.91 Å². The van der Waals surface area contributed by atoms with Crippen molar-refractivity contribution >= 4 is 5.91 Å². The molecule has 3 rings (SSSR count). The molecule has 126 valence electrons. The fourth-order valence-electron chi connectivity index (χ4n) is 3.61. The van der Waals surface area contributed by atoms with Crippen LogP contribution in [-0.2, 0) is 4.79 Å². The van der Waals surface area contributed by atoms with Gasteiger partial charge in [0.15, 0.2) is 0 Å². The van der Waals surface area contributed by atoms with E-state index in [0.29, 0.717) is 0 Å². The summed E-state index contributed by atoms with van der Waals surface area (Å²) in [6, 6.07) is 19.1. The first-order chi connectivity index (χ1) is 11.7. The number of carbonyl (C=O) groups is 1. The predicted octanol–water partition coefficient (Wildman–Crippen LogP) is 2.66. The van der Waals surface area contributed by atoms with E-state index in [2.05, 4.69) is 4.90 Å². The lowest BCUT2D eigenvalue weighted by molar-refractivity contribution is -0.124. The molecule has 1 amide bonds. The highest BCUT2D eigenvalue weighted by molar-refractivity contribution is 5.81. The Kier molecular flexibility index (Phi) is 5.28. The van der Waals surface area contributed by atoms with E-state index >= 15 is 0 Å². The molecule has 2 aromatic rings. The minimum Gasteiger partial charge on any atom is -0.388 e. The van der Waals surface area contributed by atoms with Crippen LogP contribution in [0.4, 0.5) is 0 Å². The summed E-state index contributed by atoms with van der Waals surface area (Å²) >= 11 is 0. The normalized spacial score (nSPS) is 18.9. The fourth-order valence-corrected chi connectivity index (χ4v) is 3.61. The van der Waals surface area contributed by atoms with Crippen LogP contribution in [-0.4, -0.2) is 29.0 Å². The van der Waals surface area contributed by atoms with Crippen molar-refractivity contribution in [2.75, 3.05) is 13.1 Å². The maximum atomic E-state index is 12.0. The number of carbonyl (C=O) groups excluding carboxylic acids is 1. The van der Waals surface area contributed by atoms with Gasteiger partial charge in [-0.3, -0.25) is 9.69 Å². The Hall–Kier alpha value is -2.17. The molecule has 1 heterocycles. The smallest absolute Gasteiger partial charge is 0.239 e. The van der Waals surface area contributed by atoms with Gasteiger partial charge in [-0.25, -0.2) is 0 Å². The van der Waals surface area contributed by atoms with Crippen molar-refractivity contribution in [2.45, 2.75) is 25.0 Å². The van der Waals surface area contributed by atoms with Crippen LogP contribution in [0, 0.1) is 5.92 Å². The Bertz CT molecular complexity index is 652. The summed E-state index contributed by atoms with van der Waals surface area (Å²) in [5.74, 6) is -0.101. The summed E-state index contributed by atoms with van der Waals surface area (Å²) in [6.07, 6.45) is 1.26. The van der Waals surface area contributed by atoms with Crippen molar-refractivity contribution < 1.29 is 9.90 Å². The van der Waals surface area contributed by atoms with Crippen LogP contribution < -0.4 is 5.73 Å². The maximum Gasteiger partial charge on any atom is 0.239 e. The molecule has 1 fully saturated rings. The molecule has 0 aliphatic carbocycles. The topological polar surface area (TPSA) is 66.6 Å². The van der Waals surface area contributed by atoms with Gasteiger partial charge in [-0.2, -0.15) is 0 Å². The van der Waals surface area contributed by atoms with Crippen LogP contribution in [0.25, 0.3) is 0 Å². The lowest BCUT2D eigenvalue weighted by atomic mass is 9.86. The van der Waals surface area contributed by atoms with Gasteiger partial charge < -0.3 is 10.8 Å². The second kappa shape index (κ2) is 7.60. The van der Waals surface area contributed by atoms with Gasteiger partial charge in [0.25, 0.3) is 0 Å². The highest BCUT2D eigenvalue weighted by Gasteiger charge is 2.32. The SMILES string of the molecule is NC(=O)[C@@H](c1ccccc1)N1CCC([C@H](O)c2ccccc2)CC1. The van der Waals surface area contributed by atoms with Gasteiger partial charge in [0, 0.05) is 0 Å². The summed E-state index contributed by atoms with van der Waals surface area (Å²) < 4.78 is 0. The molecule has 0 saturated carbocycles. The maximum absolute atomic E-state index is 12.0. The Morgan fingerprint density at radius 2 is 1.46 bits per heavy atom. The molecule has 0 spiro atoms. The summed E-state index contributed by atoms with van der Waals surface area (Å²) in [4.78, 5) is 14.1. The number of amides is 1. The van der Waals surface area contributed by atoms with Crippen LogP contribution in [0.5, 0.6) is 0 Å². The molecular weight excluding hydrogens is 300 g/mol. The largest absolute Gasteiger partial charge is 0.388 e. The first-order valence-corrected chi connectivity index (χ1v) is 8.48.